The maximum absolute atomic E-state index is 2.52. The predicted octanol–water partition coefficient (Wildman–Crippen LogP) is 23.6. The van der Waals surface area contributed by atoms with Crippen molar-refractivity contribution in [1.82, 2.24) is 0 Å². The van der Waals surface area contributed by atoms with Crippen LogP contribution in [-0.2, 0) is 25.7 Å². The van der Waals surface area contributed by atoms with Crippen LogP contribution in [0.5, 0.6) is 0 Å². The van der Waals surface area contributed by atoms with E-state index in [1.165, 1.54) is 209 Å². The third-order valence-corrected chi connectivity index (χ3v) is 23.1. The lowest BCUT2D eigenvalue weighted by Gasteiger charge is -2.12. The molecule has 0 aliphatic rings. The van der Waals surface area contributed by atoms with E-state index < -0.39 is 0 Å². The molecule has 8 aromatic rings. The Balaban J connectivity index is 1.07. The van der Waals surface area contributed by atoms with Gasteiger partial charge in [0.15, 0.2) is 0 Å². The molecule has 8 rings (SSSR count). The second kappa shape index (κ2) is 26.3. The van der Waals surface area contributed by atoms with Gasteiger partial charge in [-0.25, -0.2) is 0 Å². The van der Waals surface area contributed by atoms with Crippen LogP contribution in [0.15, 0.2) is 83.6 Å². The molecule has 0 aliphatic heterocycles. The summed E-state index contributed by atoms with van der Waals surface area (Å²) >= 11 is 16.0. The minimum atomic E-state index is 0.782. The van der Waals surface area contributed by atoms with Gasteiger partial charge in [-0.2, -0.15) is 0 Å². The van der Waals surface area contributed by atoms with Gasteiger partial charge in [-0.05, 0) is 123 Å². The van der Waals surface area contributed by atoms with E-state index in [0.717, 1.165) is 11.8 Å². The van der Waals surface area contributed by atoms with Crippen LogP contribution >= 0.6 is 90.7 Å². The Morgan fingerprint density at radius 3 is 1.19 bits per heavy atom. The number of aryl methyl sites for hydroxylation is 2. The second-order valence-electron chi connectivity index (χ2n) is 19.0. The first-order valence-electron chi connectivity index (χ1n) is 26.2. The van der Waals surface area contributed by atoms with Crippen molar-refractivity contribution in [3.05, 3.63) is 103 Å². The Kier molecular flexibility index (Phi) is 20.1. The van der Waals surface area contributed by atoms with Crippen molar-refractivity contribution in [2.75, 3.05) is 0 Å². The highest BCUT2D eigenvalue weighted by Gasteiger charge is 2.22. The second-order valence-corrected chi connectivity index (χ2v) is 27.6. The van der Waals surface area contributed by atoms with Gasteiger partial charge in [-0.15, -0.1) is 90.7 Å². The standard InChI is InChI=1S/C60H74S8/c1-7-13-17-19-23-45-25-29-51(63-45)49-37-55(68-60(49)54-32-28-48(66-54)34-42(12-6)22-16-10-4)43-35-57(61-39-43)58-36-44(40-62-58)56-38-50(52-30-27-47(65-52)33-41(11-5)21-15-9-3)59(67-56)53-31-26-46(64-53)24-20-18-14-8-2/h25-32,35-42H,7-24,33-34H2,1-6H3. The lowest BCUT2D eigenvalue weighted by Crippen LogP contribution is -2.01. The molecule has 0 saturated heterocycles. The third-order valence-electron chi connectivity index (χ3n) is 13.7. The van der Waals surface area contributed by atoms with Crippen LogP contribution in [0.4, 0.5) is 0 Å². The van der Waals surface area contributed by atoms with Crippen molar-refractivity contribution in [3.8, 4) is 71.0 Å². The van der Waals surface area contributed by atoms with E-state index in [0.29, 0.717) is 0 Å². The van der Waals surface area contributed by atoms with Crippen LogP contribution in [0.3, 0.4) is 0 Å². The van der Waals surface area contributed by atoms with Crippen molar-refractivity contribution in [2.45, 2.75) is 170 Å². The van der Waals surface area contributed by atoms with E-state index in [4.69, 9.17) is 0 Å². The van der Waals surface area contributed by atoms with Gasteiger partial charge in [0.05, 0.1) is 9.75 Å². The van der Waals surface area contributed by atoms with Crippen LogP contribution < -0.4 is 0 Å². The maximum atomic E-state index is 2.52. The SMILES string of the molecule is CCCCCCc1ccc(-c2cc(-c3csc(-c4cc(-c5cc(-c6ccc(CC(CC)CCCC)s6)c(-c6ccc(CCCCCC)s6)s5)cs4)c3)sc2-c2ccc(CC(CC)CCCC)s2)s1. The lowest BCUT2D eigenvalue weighted by molar-refractivity contribution is 0.452. The van der Waals surface area contributed by atoms with Gasteiger partial charge in [0.1, 0.15) is 0 Å². The molecule has 2 unspecified atom stereocenters. The molecule has 0 N–H and O–H groups in total. The fraction of sp³-hybridized carbons (Fsp3) is 0.467. The number of thiophene rings is 8. The van der Waals surface area contributed by atoms with Crippen molar-refractivity contribution in [1.29, 1.82) is 0 Å². The summed E-state index contributed by atoms with van der Waals surface area (Å²) in [5.41, 5.74) is 5.55. The van der Waals surface area contributed by atoms with Gasteiger partial charge in [0, 0.05) is 91.5 Å². The molecule has 8 heterocycles. The van der Waals surface area contributed by atoms with Gasteiger partial charge in [-0.3, -0.25) is 0 Å². The molecular weight excluding hydrogens is 977 g/mol. The van der Waals surface area contributed by atoms with Crippen LogP contribution in [0.2, 0.25) is 0 Å². The molecule has 0 fully saturated rings. The minimum Gasteiger partial charge on any atom is -0.142 e. The minimum absolute atomic E-state index is 0.782. The molecule has 0 aromatic carbocycles. The molecular formula is C60H74S8. The molecule has 8 aromatic heterocycles. The summed E-state index contributed by atoms with van der Waals surface area (Å²) in [7, 11) is 0. The van der Waals surface area contributed by atoms with E-state index in [9.17, 15) is 0 Å². The topological polar surface area (TPSA) is 0 Å². The molecule has 0 bridgehead atoms. The lowest BCUT2D eigenvalue weighted by atomic mass is 9.95. The van der Waals surface area contributed by atoms with Gasteiger partial charge in [-0.1, -0.05) is 131 Å². The average molecular weight is 1050 g/mol. The third kappa shape index (κ3) is 13.6. The molecule has 0 radical (unpaired) electrons. The highest BCUT2D eigenvalue weighted by atomic mass is 32.1. The smallest absolute Gasteiger partial charge is 0.0535 e. The Labute approximate surface area is 442 Å². The first-order chi connectivity index (χ1) is 33.4. The molecule has 0 spiro atoms. The van der Waals surface area contributed by atoms with E-state index in [1.54, 1.807) is 9.75 Å². The van der Waals surface area contributed by atoms with Crippen molar-refractivity contribution in [3.63, 3.8) is 0 Å². The summed E-state index contributed by atoms with van der Waals surface area (Å²) in [6, 6.07) is 29.4. The zero-order valence-corrected chi connectivity index (χ0v) is 48.2. The van der Waals surface area contributed by atoms with Gasteiger partial charge >= 0.3 is 0 Å². The number of hydrogen-bond acceptors (Lipinski definition) is 8. The molecule has 0 saturated carbocycles. The van der Waals surface area contributed by atoms with Crippen LogP contribution in [0.1, 0.15) is 164 Å². The van der Waals surface area contributed by atoms with E-state index in [2.05, 4.69) is 125 Å². The summed E-state index contributed by atoms with van der Waals surface area (Å²) in [5, 5.41) is 4.83. The zero-order chi connectivity index (χ0) is 47.2. The average Bonchev–Trinajstić information content (AvgIpc) is 4.20. The molecule has 0 nitrogen and oxygen atoms in total. The summed E-state index contributed by atoms with van der Waals surface area (Å²) in [4.78, 5) is 20.3. The highest BCUT2D eigenvalue weighted by molar-refractivity contribution is 7.26. The highest BCUT2D eigenvalue weighted by Crippen LogP contribution is 2.51. The largest absolute Gasteiger partial charge is 0.142 e. The molecule has 362 valence electrons. The zero-order valence-electron chi connectivity index (χ0n) is 41.6. The Bertz CT molecular complexity index is 2520. The Hall–Kier alpha value is -2.40. The van der Waals surface area contributed by atoms with Crippen LogP contribution in [-0.4, -0.2) is 0 Å². The molecule has 0 aliphatic carbocycles. The maximum Gasteiger partial charge on any atom is 0.0535 e. The number of rotatable bonds is 29. The first-order valence-corrected chi connectivity index (χ1v) is 32.9. The Morgan fingerprint density at radius 2 is 0.750 bits per heavy atom. The molecule has 2 atom stereocenters. The van der Waals surface area contributed by atoms with Gasteiger partial charge < -0.3 is 0 Å². The monoisotopic (exact) mass is 1050 g/mol. The van der Waals surface area contributed by atoms with Gasteiger partial charge in [0.2, 0.25) is 0 Å². The number of unbranched alkanes of at least 4 members (excludes halogenated alkanes) is 8. The van der Waals surface area contributed by atoms with Crippen molar-refractivity contribution >= 4 is 90.7 Å². The fourth-order valence-corrected chi connectivity index (χ4v) is 18.6. The van der Waals surface area contributed by atoms with Crippen LogP contribution in [0, 0.1) is 11.8 Å². The fourth-order valence-electron chi connectivity index (χ4n) is 9.43. The first kappa shape index (κ1) is 51.9. The normalized spacial score (nSPS) is 12.7. The van der Waals surface area contributed by atoms with Crippen molar-refractivity contribution < 1.29 is 0 Å². The number of hydrogen-bond donors (Lipinski definition) is 0. The van der Waals surface area contributed by atoms with E-state index in [1.807, 2.05) is 90.7 Å². The van der Waals surface area contributed by atoms with Crippen molar-refractivity contribution in [2.24, 2.45) is 11.8 Å². The molecule has 68 heavy (non-hydrogen) atoms. The molecule has 8 heteroatoms. The van der Waals surface area contributed by atoms with E-state index >= 15 is 0 Å². The van der Waals surface area contributed by atoms with Crippen LogP contribution in [0.25, 0.3) is 71.0 Å². The van der Waals surface area contributed by atoms with Gasteiger partial charge in [0.25, 0.3) is 0 Å². The summed E-state index contributed by atoms with van der Waals surface area (Å²) in [6.07, 6.45) is 25.8. The summed E-state index contributed by atoms with van der Waals surface area (Å²) in [5.74, 6) is 1.56. The summed E-state index contributed by atoms with van der Waals surface area (Å²) < 4.78 is 0. The Morgan fingerprint density at radius 1 is 0.353 bits per heavy atom. The summed E-state index contributed by atoms with van der Waals surface area (Å²) in [6.45, 7) is 14.0. The quantitative estimate of drug-likeness (QED) is 0.0410. The predicted molar refractivity (Wildman–Crippen MR) is 317 cm³/mol. The molecule has 0 amide bonds. The van der Waals surface area contributed by atoms with E-state index in [-0.39, 0.29) is 0 Å².